The Labute approximate surface area is 88.0 Å². The van der Waals surface area contributed by atoms with E-state index < -0.39 is 12.0 Å². The first kappa shape index (κ1) is 15.2. The van der Waals surface area contributed by atoms with E-state index in [0.717, 1.165) is 11.8 Å². The minimum absolute atomic E-state index is 0. The number of nitrogens with two attached hydrogens (primary N) is 1. The van der Waals surface area contributed by atoms with Crippen LogP contribution in [0.3, 0.4) is 0 Å². The zero-order chi connectivity index (χ0) is 9.56. The number of ether oxygens (including phenoxy) is 1. The lowest BCUT2D eigenvalue weighted by atomic mass is 10.2. The Morgan fingerprint density at radius 2 is 2.08 bits per heavy atom. The van der Waals surface area contributed by atoms with Crippen LogP contribution in [-0.4, -0.2) is 30.0 Å². The second kappa shape index (κ2) is 8.34. The number of hydrogen-bond donors (Lipinski definition) is 1. The molecule has 0 bridgehead atoms. The molecule has 0 rings (SSSR count). The van der Waals surface area contributed by atoms with Gasteiger partial charge in [0.25, 0.3) is 0 Å². The number of rotatable bonds is 4. The predicted molar refractivity (Wildman–Crippen MR) is 55.0 cm³/mol. The largest absolute Gasteiger partial charge is 0.468 e. The fourth-order valence-electron chi connectivity index (χ4n) is 0.599. The molecular formula is C7H14ClNO3S. The maximum atomic E-state index is 10.7. The second-order valence-electron chi connectivity index (χ2n) is 2.26. The quantitative estimate of drug-likeness (QED) is 0.712. The monoisotopic (exact) mass is 227 g/mol. The number of carbonyl (C=O) groups excluding carboxylic acids is 2. The molecular weight excluding hydrogens is 214 g/mol. The van der Waals surface area contributed by atoms with E-state index in [1.165, 1.54) is 14.0 Å². The summed E-state index contributed by atoms with van der Waals surface area (Å²) in [6, 6.07) is -0.609. The van der Waals surface area contributed by atoms with E-state index >= 15 is 0 Å². The minimum Gasteiger partial charge on any atom is -0.468 e. The molecule has 1 atom stereocenters. The summed E-state index contributed by atoms with van der Waals surface area (Å²) in [6.07, 6.45) is 0.469. The zero-order valence-electron chi connectivity index (χ0n) is 7.61. The summed E-state index contributed by atoms with van der Waals surface area (Å²) < 4.78 is 4.41. The Morgan fingerprint density at radius 3 is 2.46 bits per heavy atom. The molecule has 0 aromatic rings. The lowest BCUT2D eigenvalue weighted by molar-refractivity contribution is -0.142. The molecule has 13 heavy (non-hydrogen) atoms. The van der Waals surface area contributed by atoms with Crippen molar-refractivity contribution >= 4 is 35.3 Å². The zero-order valence-corrected chi connectivity index (χ0v) is 9.24. The molecule has 0 saturated heterocycles. The summed E-state index contributed by atoms with van der Waals surface area (Å²) in [5.74, 6) is 0.130. The van der Waals surface area contributed by atoms with Gasteiger partial charge in [-0.1, -0.05) is 11.8 Å². The molecule has 0 aromatic heterocycles. The Balaban J connectivity index is 0. The molecule has 1 unspecified atom stereocenters. The van der Waals surface area contributed by atoms with Gasteiger partial charge in [0.1, 0.15) is 6.04 Å². The Hall–Kier alpha value is -0.260. The predicted octanol–water partition coefficient (Wildman–Crippen LogP) is 0.578. The summed E-state index contributed by atoms with van der Waals surface area (Å²) in [4.78, 5) is 21.2. The van der Waals surface area contributed by atoms with Crippen molar-refractivity contribution in [2.75, 3.05) is 12.9 Å². The van der Waals surface area contributed by atoms with Crippen molar-refractivity contribution in [3.05, 3.63) is 0 Å². The van der Waals surface area contributed by atoms with Gasteiger partial charge in [-0.25, -0.2) is 0 Å². The van der Waals surface area contributed by atoms with Gasteiger partial charge in [0, 0.05) is 12.7 Å². The molecule has 0 radical (unpaired) electrons. The van der Waals surface area contributed by atoms with Gasteiger partial charge < -0.3 is 10.5 Å². The van der Waals surface area contributed by atoms with E-state index in [1.807, 2.05) is 0 Å². The molecule has 0 heterocycles. The number of esters is 1. The molecule has 0 saturated carbocycles. The number of thioether (sulfide) groups is 1. The van der Waals surface area contributed by atoms with Crippen LogP contribution in [0.1, 0.15) is 13.3 Å². The van der Waals surface area contributed by atoms with Crippen molar-refractivity contribution in [1.82, 2.24) is 0 Å². The lowest BCUT2D eigenvalue weighted by Gasteiger charge is -2.06. The number of hydrogen-bond acceptors (Lipinski definition) is 5. The third-order valence-corrected chi connectivity index (χ3v) is 2.08. The summed E-state index contributed by atoms with van der Waals surface area (Å²) in [7, 11) is 1.29. The first-order chi connectivity index (χ1) is 5.57. The van der Waals surface area contributed by atoms with Crippen molar-refractivity contribution in [1.29, 1.82) is 0 Å². The van der Waals surface area contributed by atoms with Crippen molar-refractivity contribution < 1.29 is 14.3 Å². The van der Waals surface area contributed by atoms with Gasteiger partial charge in [0.15, 0.2) is 5.12 Å². The number of halogens is 1. The number of carbonyl (C=O) groups is 2. The molecule has 6 heteroatoms. The molecule has 78 valence electrons. The normalized spacial score (nSPS) is 11.3. The second-order valence-corrected chi connectivity index (χ2v) is 3.53. The molecule has 0 aliphatic carbocycles. The molecule has 2 N–H and O–H groups in total. The van der Waals surface area contributed by atoms with Gasteiger partial charge in [0.05, 0.1) is 7.11 Å². The smallest absolute Gasteiger partial charge is 0.322 e. The fraction of sp³-hybridized carbons (Fsp3) is 0.714. The van der Waals surface area contributed by atoms with Gasteiger partial charge in [0.2, 0.25) is 0 Å². The maximum absolute atomic E-state index is 10.7. The van der Waals surface area contributed by atoms with E-state index in [2.05, 4.69) is 4.74 Å². The van der Waals surface area contributed by atoms with Crippen LogP contribution in [0.5, 0.6) is 0 Å². The van der Waals surface area contributed by atoms with Crippen LogP contribution in [0.4, 0.5) is 0 Å². The van der Waals surface area contributed by atoms with Gasteiger partial charge in [-0.15, -0.1) is 12.4 Å². The van der Waals surface area contributed by atoms with E-state index in [9.17, 15) is 9.59 Å². The summed E-state index contributed by atoms with van der Waals surface area (Å²) in [5.41, 5.74) is 5.41. The lowest BCUT2D eigenvalue weighted by Crippen LogP contribution is -2.32. The molecule has 0 spiro atoms. The molecule has 4 nitrogen and oxygen atoms in total. The van der Waals surface area contributed by atoms with E-state index in [0.29, 0.717) is 12.2 Å². The van der Waals surface area contributed by atoms with E-state index in [1.54, 1.807) is 0 Å². The topological polar surface area (TPSA) is 69.4 Å². The van der Waals surface area contributed by atoms with Gasteiger partial charge >= 0.3 is 5.97 Å². The van der Waals surface area contributed by atoms with Crippen molar-refractivity contribution in [3.8, 4) is 0 Å². The standard InChI is InChI=1S/C7H13NO3S.ClH/c1-5(9)12-4-3-6(8)7(10)11-2;/h6H,3-4,8H2,1-2H3;1H. The van der Waals surface area contributed by atoms with Gasteiger partial charge in [-0.3, -0.25) is 9.59 Å². The maximum Gasteiger partial charge on any atom is 0.322 e. The van der Waals surface area contributed by atoms with Gasteiger partial charge in [-0.05, 0) is 6.42 Å². The van der Waals surface area contributed by atoms with Crippen LogP contribution in [0.15, 0.2) is 0 Å². The van der Waals surface area contributed by atoms with Crippen molar-refractivity contribution in [2.45, 2.75) is 19.4 Å². The summed E-state index contributed by atoms with van der Waals surface area (Å²) in [5, 5.41) is 0.0343. The van der Waals surface area contributed by atoms with Crippen molar-refractivity contribution in [3.63, 3.8) is 0 Å². The highest BCUT2D eigenvalue weighted by molar-refractivity contribution is 8.13. The first-order valence-electron chi connectivity index (χ1n) is 3.54. The van der Waals surface area contributed by atoms with Crippen LogP contribution in [-0.2, 0) is 14.3 Å². The van der Waals surface area contributed by atoms with Crippen LogP contribution in [0.2, 0.25) is 0 Å². The summed E-state index contributed by atoms with van der Waals surface area (Å²) in [6.45, 7) is 1.48. The third kappa shape index (κ3) is 8.08. The average molecular weight is 228 g/mol. The molecule has 0 aliphatic heterocycles. The van der Waals surface area contributed by atoms with E-state index in [4.69, 9.17) is 5.73 Å². The van der Waals surface area contributed by atoms with Crippen molar-refractivity contribution in [2.24, 2.45) is 5.73 Å². The average Bonchev–Trinajstić information content (AvgIpc) is 2.02. The molecule has 0 amide bonds. The highest BCUT2D eigenvalue weighted by Gasteiger charge is 2.12. The highest BCUT2D eigenvalue weighted by Crippen LogP contribution is 2.05. The molecule has 0 aromatic carbocycles. The minimum atomic E-state index is -0.609. The van der Waals surface area contributed by atoms with Crippen LogP contribution < -0.4 is 5.73 Å². The Morgan fingerprint density at radius 1 is 1.54 bits per heavy atom. The van der Waals surface area contributed by atoms with Crippen LogP contribution >= 0.6 is 24.2 Å². The van der Waals surface area contributed by atoms with E-state index in [-0.39, 0.29) is 17.5 Å². The Bertz CT molecular complexity index is 177. The molecule has 0 aliphatic rings. The first-order valence-corrected chi connectivity index (χ1v) is 4.53. The summed E-state index contributed by atoms with van der Waals surface area (Å²) >= 11 is 1.16. The van der Waals surface area contributed by atoms with Crippen LogP contribution in [0.25, 0.3) is 0 Å². The Kier molecular flexibility index (Phi) is 9.77. The SMILES string of the molecule is COC(=O)C(N)CCSC(C)=O.Cl. The highest BCUT2D eigenvalue weighted by atomic mass is 35.5. The van der Waals surface area contributed by atoms with Crippen LogP contribution in [0, 0.1) is 0 Å². The third-order valence-electron chi connectivity index (χ3n) is 1.24. The number of methoxy groups -OCH3 is 1. The van der Waals surface area contributed by atoms with Gasteiger partial charge in [-0.2, -0.15) is 0 Å². The fourth-order valence-corrected chi connectivity index (χ4v) is 1.26. The molecule has 0 fully saturated rings.